The van der Waals surface area contributed by atoms with Crippen LogP contribution in [0.25, 0.3) is 11.5 Å². The van der Waals surface area contributed by atoms with Gasteiger partial charge >= 0.3 is 0 Å². The highest BCUT2D eigenvalue weighted by molar-refractivity contribution is 7.99. The van der Waals surface area contributed by atoms with Gasteiger partial charge in [0.1, 0.15) is 5.76 Å². The first-order chi connectivity index (χ1) is 12.1. The molecule has 8 heteroatoms. The Balaban J connectivity index is 1.67. The number of aromatic nitrogens is 2. The minimum atomic E-state index is -0.0785. The summed E-state index contributed by atoms with van der Waals surface area (Å²) in [6.45, 7) is 1.81. The molecule has 2 aromatic heterocycles. The van der Waals surface area contributed by atoms with Crippen molar-refractivity contribution in [3.63, 3.8) is 0 Å². The van der Waals surface area contributed by atoms with Gasteiger partial charge in [-0.2, -0.15) is 0 Å². The first-order valence-corrected chi connectivity index (χ1v) is 8.37. The SMILES string of the molecule is COc1ccc(C(=O)CSc2nnc(-c3ccoc3C)o2)cc1OC. The maximum absolute atomic E-state index is 12.4. The molecule has 0 saturated heterocycles. The van der Waals surface area contributed by atoms with Gasteiger partial charge in [0, 0.05) is 5.56 Å². The van der Waals surface area contributed by atoms with Crippen LogP contribution in [0.5, 0.6) is 11.5 Å². The number of hydrogen-bond acceptors (Lipinski definition) is 8. The monoisotopic (exact) mass is 360 g/mol. The number of nitrogens with zero attached hydrogens (tertiary/aromatic N) is 2. The Bertz CT molecular complexity index is 887. The molecule has 2 heterocycles. The number of rotatable bonds is 7. The molecule has 0 aliphatic heterocycles. The van der Waals surface area contributed by atoms with E-state index >= 15 is 0 Å². The Morgan fingerprint density at radius 2 is 1.96 bits per heavy atom. The summed E-state index contributed by atoms with van der Waals surface area (Å²) in [5.41, 5.74) is 1.26. The average molecular weight is 360 g/mol. The second-order valence-corrected chi connectivity index (χ2v) is 5.97. The fraction of sp³-hybridized carbons (Fsp3) is 0.235. The molecule has 0 atom stereocenters. The zero-order chi connectivity index (χ0) is 17.8. The Morgan fingerprint density at radius 1 is 1.16 bits per heavy atom. The lowest BCUT2D eigenvalue weighted by molar-refractivity contribution is 0.102. The lowest BCUT2D eigenvalue weighted by atomic mass is 10.1. The van der Waals surface area contributed by atoms with Crippen molar-refractivity contribution in [2.75, 3.05) is 20.0 Å². The zero-order valence-electron chi connectivity index (χ0n) is 13.9. The summed E-state index contributed by atoms with van der Waals surface area (Å²) in [6.07, 6.45) is 1.56. The second kappa shape index (κ2) is 7.43. The summed E-state index contributed by atoms with van der Waals surface area (Å²) in [5.74, 6) is 2.23. The van der Waals surface area contributed by atoms with Crippen molar-refractivity contribution in [3.8, 4) is 23.0 Å². The molecule has 25 heavy (non-hydrogen) atoms. The third kappa shape index (κ3) is 3.69. The molecule has 0 unspecified atom stereocenters. The minimum absolute atomic E-state index is 0.0785. The fourth-order valence-electron chi connectivity index (χ4n) is 2.20. The van der Waals surface area contributed by atoms with Gasteiger partial charge in [-0.25, -0.2) is 0 Å². The molecule has 3 rings (SSSR count). The molecule has 0 amide bonds. The van der Waals surface area contributed by atoms with Gasteiger partial charge in [0.2, 0.25) is 0 Å². The van der Waals surface area contributed by atoms with Crippen molar-refractivity contribution >= 4 is 17.5 Å². The number of furan rings is 1. The summed E-state index contributed by atoms with van der Waals surface area (Å²) < 4.78 is 21.2. The van der Waals surface area contributed by atoms with Crippen LogP contribution in [0.2, 0.25) is 0 Å². The number of ketones is 1. The Kier molecular flexibility index (Phi) is 5.08. The van der Waals surface area contributed by atoms with Crippen LogP contribution >= 0.6 is 11.8 Å². The van der Waals surface area contributed by atoms with Gasteiger partial charge in [-0.3, -0.25) is 4.79 Å². The normalized spacial score (nSPS) is 10.7. The van der Waals surface area contributed by atoms with Crippen molar-refractivity contribution in [3.05, 3.63) is 41.9 Å². The molecule has 1 aromatic carbocycles. The first-order valence-electron chi connectivity index (χ1n) is 7.38. The smallest absolute Gasteiger partial charge is 0.277 e. The van der Waals surface area contributed by atoms with Gasteiger partial charge in [0.15, 0.2) is 17.3 Å². The van der Waals surface area contributed by atoms with Gasteiger partial charge in [-0.1, -0.05) is 11.8 Å². The van der Waals surface area contributed by atoms with Crippen molar-refractivity contribution in [2.45, 2.75) is 12.1 Å². The Morgan fingerprint density at radius 3 is 2.64 bits per heavy atom. The summed E-state index contributed by atoms with van der Waals surface area (Å²) in [4.78, 5) is 12.4. The molecule has 130 valence electrons. The molecule has 0 saturated carbocycles. The Labute approximate surface area is 148 Å². The van der Waals surface area contributed by atoms with Crippen molar-refractivity contribution in [2.24, 2.45) is 0 Å². The van der Waals surface area contributed by atoms with Crippen LogP contribution in [0.3, 0.4) is 0 Å². The highest BCUT2D eigenvalue weighted by Gasteiger charge is 2.16. The number of aryl methyl sites for hydroxylation is 1. The minimum Gasteiger partial charge on any atom is -0.493 e. The van der Waals surface area contributed by atoms with E-state index in [1.165, 1.54) is 18.9 Å². The predicted molar refractivity (Wildman–Crippen MR) is 91.3 cm³/mol. The van der Waals surface area contributed by atoms with E-state index in [1.807, 2.05) is 6.92 Å². The molecule has 0 spiro atoms. The van der Waals surface area contributed by atoms with Crippen molar-refractivity contribution in [1.29, 1.82) is 0 Å². The number of carbonyl (C=O) groups excluding carboxylic acids is 1. The van der Waals surface area contributed by atoms with Gasteiger partial charge in [0.05, 0.1) is 31.8 Å². The van der Waals surface area contributed by atoms with Crippen LogP contribution in [0.1, 0.15) is 16.1 Å². The third-order valence-electron chi connectivity index (χ3n) is 3.53. The van der Waals surface area contributed by atoms with E-state index in [2.05, 4.69) is 10.2 Å². The number of ether oxygens (including phenoxy) is 2. The van der Waals surface area contributed by atoms with E-state index in [4.69, 9.17) is 18.3 Å². The number of carbonyl (C=O) groups is 1. The van der Waals surface area contributed by atoms with Gasteiger partial charge in [-0.05, 0) is 31.2 Å². The molecule has 3 aromatic rings. The number of hydrogen-bond donors (Lipinski definition) is 0. The van der Waals surface area contributed by atoms with E-state index in [1.54, 1.807) is 37.6 Å². The van der Waals surface area contributed by atoms with Crippen LogP contribution in [-0.4, -0.2) is 36.0 Å². The predicted octanol–water partition coefficient (Wildman–Crippen LogP) is 3.63. The lowest BCUT2D eigenvalue weighted by Gasteiger charge is -2.08. The van der Waals surface area contributed by atoms with Crippen molar-refractivity contribution in [1.82, 2.24) is 10.2 Å². The van der Waals surface area contributed by atoms with E-state index < -0.39 is 0 Å². The van der Waals surface area contributed by atoms with E-state index in [9.17, 15) is 4.79 Å². The Hall–Kier alpha value is -2.74. The third-order valence-corrected chi connectivity index (χ3v) is 4.35. The van der Waals surface area contributed by atoms with Gasteiger partial charge in [-0.15, -0.1) is 10.2 Å². The van der Waals surface area contributed by atoms with Crippen molar-refractivity contribution < 1.29 is 23.1 Å². The van der Waals surface area contributed by atoms with Gasteiger partial charge in [0.25, 0.3) is 11.1 Å². The molecule has 0 N–H and O–H groups in total. The average Bonchev–Trinajstić information content (AvgIpc) is 3.27. The molecule has 0 fully saturated rings. The van der Waals surface area contributed by atoms with Crippen LogP contribution in [0, 0.1) is 6.92 Å². The topological polar surface area (TPSA) is 87.6 Å². The summed E-state index contributed by atoms with van der Waals surface area (Å²) >= 11 is 1.18. The number of thioether (sulfide) groups is 1. The molecule has 0 aliphatic rings. The van der Waals surface area contributed by atoms with E-state index in [0.717, 1.165) is 5.56 Å². The maximum atomic E-state index is 12.4. The number of benzene rings is 1. The molecule has 0 radical (unpaired) electrons. The van der Waals surface area contributed by atoms with E-state index in [-0.39, 0.29) is 11.5 Å². The van der Waals surface area contributed by atoms with Crippen LogP contribution in [0.4, 0.5) is 0 Å². The maximum Gasteiger partial charge on any atom is 0.277 e. The molecule has 7 nitrogen and oxygen atoms in total. The van der Waals surface area contributed by atoms with Crippen LogP contribution < -0.4 is 9.47 Å². The lowest BCUT2D eigenvalue weighted by Crippen LogP contribution is -2.03. The molecule has 0 aliphatic carbocycles. The highest BCUT2D eigenvalue weighted by atomic mass is 32.2. The first kappa shape index (κ1) is 17.1. The largest absolute Gasteiger partial charge is 0.493 e. The number of Topliss-reactive ketones (excluding diaryl/α,β-unsaturated/α-hetero) is 1. The number of methoxy groups -OCH3 is 2. The summed E-state index contributed by atoms with van der Waals surface area (Å²) in [5, 5.41) is 8.25. The summed E-state index contributed by atoms with van der Waals surface area (Å²) in [7, 11) is 3.07. The standard InChI is InChI=1S/C17H16N2O5S/c1-10-12(6-7-23-10)16-18-19-17(24-16)25-9-13(20)11-4-5-14(21-2)15(8-11)22-3/h4-8H,9H2,1-3H3. The van der Waals surface area contributed by atoms with Crippen LogP contribution in [-0.2, 0) is 0 Å². The second-order valence-electron chi connectivity index (χ2n) is 5.05. The summed E-state index contributed by atoms with van der Waals surface area (Å²) in [6, 6.07) is 6.80. The fourth-order valence-corrected chi connectivity index (χ4v) is 2.86. The van der Waals surface area contributed by atoms with Gasteiger partial charge < -0.3 is 18.3 Å². The molecular formula is C17H16N2O5S. The van der Waals surface area contributed by atoms with E-state index in [0.29, 0.717) is 33.9 Å². The highest BCUT2D eigenvalue weighted by Crippen LogP contribution is 2.29. The quantitative estimate of drug-likeness (QED) is 0.466. The molecule has 0 bridgehead atoms. The molecular weight excluding hydrogens is 344 g/mol. The zero-order valence-corrected chi connectivity index (χ0v) is 14.8. The van der Waals surface area contributed by atoms with Crippen LogP contribution in [0.15, 0.2) is 44.6 Å².